The Hall–Kier alpha value is -2.72. The SMILES string of the molecule is O=C(O)c1cccc(C2CC2(C(=O)O)N(c2ccc(-c3ccc(Cl)cc3)s2)S(=O)O)c1. The first-order valence-corrected chi connectivity index (χ1v) is 11.3. The number of benzene rings is 2. The number of carbonyl (C=O) groups is 2. The molecule has 0 amide bonds. The summed E-state index contributed by atoms with van der Waals surface area (Å²) in [6.07, 6.45) is 0.0753. The second-order valence-electron chi connectivity index (χ2n) is 7.09. The molecule has 2 aromatic carbocycles. The van der Waals surface area contributed by atoms with Gasteiger partial charge in [-0.3, -0.25) is 4.55 Å². The van der Waals surface area contributed by atoms with Crippen molar-refractivity contribution in [1.82, 2.24) is 0 Å². The zero-order chi connectivity index (χ0) is 22.3. The van der Waals surface area contributed by atoms with Crippen molar-refractivity contribution in [3.8, 4) is 10.4 Å². The number of aromatic carboxylic acids is 1. The lowest BCUT2D eigenvalue weighted by atomic mass is 10.0. The molecule has 1 heterocycles. The number of hydrogen-bond acceptors (Lipinski definition) is 4. The van der Waals surface area contributed by atoms with Crippen LogP contribution in [0.4, 0.5) is 5.00 Å². The van der Waals surface area contributed by atoms with Gasteiger partial charge in [0.05, 0.1) is 5.56 Å². The van der Waals surface area contributed by atoms with E-state index in [1.165, 1.54) is 29.5 Å². The van der Waals surface area contributed by atoms with E-state index in [2.05, 4.69) is 0 Å². The van der Waals surface area contributed by atoms with E-state index in [9.17, 15) is 28.6 Å². The Labute approximate surface area is 188 Å². The van der Waals surface area contributed by atoms with Crippen LogP contribution >= 0.6 is 22.9 Å². The Morgan fingerprint density at radius 1 is 1.10 bits per heavy atom. The molecule has 0 aliphatic heterocycles. The van der Waals surface area contributed by atoms with Gasteiger partial charge in [-0.2, -0.15) is 0 Å². The van der Waals surface area contributed by atoms with Gasteiger partial charge in [-0.25, -0.2) is 18.1 Å². The van der Waals surface area contributed by atoms with E-state index in [0.29, 0.717) is 15.6 Å². The topological polar surface area (TPSA) is 115 Å². The van der Waals surface area contributed by atoms with E-state index in [-0.39, 0.29) is 12.0 Å². The number of hydrogen-bond donors (Lipinski definition) is 3. The van der Waals surface area contributed by atoms with Gasteiger partial charge in [0.25, 0.3) is 11.3 Å². The average Bonchev–Trinajstić information content (AvgIpc) is 3.30. The lowest BCUT2D eigenvalue weighted by molar-refractivity contribution is -0.139. The van der Waals surface area contributed by atoms with Gasteiger partial charge in [0.1, 0.15) is 5.00 Å². The molecule has 0 radical (unpaired) electrons. The van der Waals surface area contributed by atoms with E-state index in [4.69, 9.17) is 11.6 Å². The van der Waals surface area contributed by atoms with Crippen LogP contribution in [0.25, 0.3) is 10.4 Å². The molecule has 3 unspecified atom stereocenters. The van der Waals surface area contributed by atoms with E-state index < -0.39 is 34.7 Å². The van der Waals surface area contributed by atoms with Crippen LogP contribution < -0.4 is 4.31 Å². The molecular formula is C21H16ClNO6S2. The molecule has 1 saturated carbocycles. The first-order valence-electron chi connectivity index (χ1n) is 9.07. The summed E-state index contributed by atoms with van der Waals surface area (Å²) in [6, 6.07) is 16.4. The number of carboxylic acids is 2. The predicted molar refractivity (Wildman–Crippen MR) is 119 cm³/mol. The maximum atomic E-state index is 12.3. The molecule has 1 fully saturated rings. The van der Waals surface area contributed by atoms with Crippen molar-refractivity contribution in [2.75, 3.05) is 4.31 Å². The van der Waals surface area contributed by atoms with E-state index in [1.54, 1.807) is 30.3 Å². The van der Waals surface area contributed by atoms with Crippen molar-refractivity contribution in [1.29, 1.82) is 0 Å². The van der Waals surface area contributed by atoms with E-state index in [0.717, 1.165) is 14.7 Å². The maximum absolute atomic E-state index is 12.3. The summed E-state index contributed by atoms with van der Waals surface area (Å²) in [6.45, 7) is 0. The molecule has 1 aliphatic carbocycles. The lowest BCUT2D eigenvalue weighted by Gasteiger charge is -2.26. The lowest BCUT2D eigenvalue weighted by Crippen LogP contribution is -2.45. The smallest absolute Gasteiger partial charge is 0.335 e. The standard InChI is InChI=1S/C21H16ClNO6S2/c22-15-6-4-12(5-7-15)17-8-9-18(30-17)23(31(28)29)21(20(26)27)11-16(21)13-2-1-3-14(10-13)19(24)25/h1-10,16H,11H2,(H,24,25)(H,26,27)(H,28,29). The van der Waals surface area contributed by atoms with Crippen molar-refractivity contribution >= 4 is 51.1 Å². The van der Waals surface area contributed by atoms with Crippen LogP contribution in [0.15, 0.2) is 60.7 Å². The van der Waals surface area contributed by atoms with Gasteiger partial charge >= 0.3 is 11.9 Å². The predicted octanol–water partition coefficient (Wildman–Crippen LogP) is 4.72. The molecule has 3 aromatic rings. The van der Waals surface area contributed by atoms with Crippen LogP contribution in [0.3, 0.4) is 0 Å². The van der Waals surface area contributed by atoms with Crippen molar-refractivity contribution in [3.05, 3.63) is 76.8 Å². The highest BCUT2D eigenvalue weighted by atomic mass is 35.5. The van der Waals surface area contributed by atoms with Gasteiger partial charge in [0.2, 0.25) is 0 Å². The molecule has 1 aliphatic rings. The first kappa shape index (κ1) is 21.5. The van der Waals surface area contributed by atoms with Crippen LogP contribution in [0, 0.1) is 0 Å². The molecule has 3 atom stereocenters. The number of carboxylic acid groups (broad SMARTS) is 2. The number of aliphatic carboxylic acids is 1. The normalized spacial score (nSPS) is 20.8. The number of nitrogens with zero attached hydrogens (tertiary/aromatic N) is 1. The Bertz CT molecular complexity index is 1190. The molecule has 0 spiro atoms. The van der Waals surface area contributed by atoms with Crippen molar-refractivity contribution in [3.63, 3.8) is 0 Å². The molecule has 0 saturated heterocycles. The van der Waals surface area contributed by atoms with Crippen molar-refractivity contribution < 1.29 is 28.6 Å². The quantitative estimate of drug-likeness (QED) is 0.424. The van der Waals surface area contributed by atoms with Gasteiger partial charge in [-0.1, -0.05) is 35.9 Å². The van der Waals surface area contributed by atoms with Gasteiger partial charge < -0.3 is 10.2 Å². The molecular weight excluding hydrogens is 462 g/mol. The zero-order valence-electron chi connectivity index (χ0n) is 15.8. The molecule has 10 heteroatoms. The Morgan fingerprint density at radius 3 is 2.42 bits per heavy atom. The summed E-state index contributed by atoms with van der Waals surface area (Å²) >= 11 is 4.50. The van der Waals surface area contributed by atoms with Crippen LogP contribution in [0.2, 0.25) is 5.02 Å². The minimum absolute atomic E-state index is 0.0292. The van der Waals surface area contributed by atoms with Crippen LogP contribution in [-0.2, 0) is 16.1 Å². The van der Waals surface area contributed by atoms with Crippen LogP contribution in [0.5, 0.6) is 0 Å². The van der Waals surface area contributed by atoms with Gasteiger partial charge in [0.15, 0.2) is 5.54 Å². The highest BCUT2D eigenvalue weighted by Crippen LogP contribution is 2.58. The highest BCUT2D eigenvalue weighted by Gasteiger charge is 2.67. The Balaban J connectivity index is 1.72. The van der Waals surface area contributed by atoms with Crippen molar-refractivity contribution in [2.24, 2.45) is 0 Å². The monoisotopic (exact) mass is 477 g/mol. The number of halogens is 1. The van der Waals surface area contributed by atoms with Gasteiger partial charge in [-0.05, 0) is 53.9 Å². The fraction of sp³-hybridized carbons (Fsp3) is 0.143. The van der Waals surface area contributed by atoms with Gasteiger partial charge in [-0.15, -0.1) is 11.3 Å². The van der Waals surface area contributed by atoms with Crippen molar-refractivity contribution in [2.45, 2.75) is 17.9 Å². The summed E-state index contributed by atoms with van der Waals surface area (Å²) < 4.78 is 23.3. The summed E-state index contributed by atoms with van der Waals surface area (Å²) in [5.41, 5.74) is -0.289. The fourth-order valence-electron chi connectivity index (χ4n) is 3.70. The number of thiophene rings is 1. The summed E-state index contributed by atoms with van der Waals surface area (Å²) in [5, 5.41) is 20.2. The van der Waals surface area contributed by atoms with E-state index >= 15 is 0 Å². The van der Waals surface area contributed by atoms with E-state index in [1.807, 2.05) is 12.1 Å². The summed E-state index contributed by atoms with van der Waals surface area (Å²) in [4.78, 5) is 24.4. The summed E-state index contributed by atoms with van der Waals surface area (Å²) in [5.74, 6) is -3.01. The largest absolute Gasteiger partial charge is 0.479 e. The maximum Gasteiger partial charge on any atom is 0.335 e. The second kappa shape index (κ2) is 8.08. The highest BCUT2D eigenvalue weighted by molar-refractivity contribution is 7.81. The third-order valence-electron chi connectivity index (χ3n) is 5.28. The Morgan fingerprint density at radius 2 is 1.81 bits per heavy atom. The zero-order valence-corrected chi connectivity index (χ0v) is 18.2. The molecule has 3 N–H and O–H groups in total. The van der Waals surface area contributed by atoms with Gasteiger partial charge in [0, 0.05) is 15.8 Å². The molecule has 0 bridgehead atoms. The third-order valence-corrected chi connectivity index (χ3v) is 7.60. The van der Waals surface area contributed by atoms with Crippen LogP contribution in [-0.4, -0.2) is 36.5 Å². The average molecular weight is 478 g/mol. The molecule has 31 heavy (non-hydrogen) atoms. The second-order valence-corrected chi connectivity index (χ2v) is 9.41. The first-order chi connectivity index (χ1) is 14.7. The minimum Gasteiger partial charge on any atom is -0.479 e. The Kier molecular flexibility index (Phi) is 5.61. The minimum atomic E-state index is -2.61. The van der Waals surface area contributed by atoms with Crippen LogP contribution in [0.1, 0.15) is 28.3 Å². The fourth-order valence-corrected chi connectivity index (χ4v) is 5.90. The summed E-state index contributed by atoms with van der Waals surface area (Å²) in [7, 11) is 0. The number of rotatable bonds is 7. The third kappa shape index (κ3) is 3.85. The molecule has 4 rings (SSSR count). The molecule has 160 valence electrons. The molecule has 1 aromatic heterocycles. The number of anilines is 1. The molecule has 7 nitrogen and oxygen atoms in total.